The Hall–Kier alpha value is -2.41. The van der Waals surface area contributed by atoms with E-state index in [1.165, 1.54) is 0 Å². The van der Waals surface area contributed by atoms with Crippen LogP contribution in [0, 0.1) is 0 Å². The maximum Gasteiger partial charge on any atom is 0.413 e. The van der Waals surface area contributed by atoms with E-state index in [4.69, 9.17) is 9.84 Å². The Morgan fingerprint density at radius 3 is 2.64 bits per heavy atom. The first-order valence-electron chi connectivity index (χ1n) is 6.56. The van der Waals surface area contributed by atoms with Gasteiger partial charge in [-0.2, -0.15) is 0 Å². The lowest BCUT2D eigenvalue weighted by Crippen LogP contribution is -2.28. The topological polar surface area (TPSA) is 88.5 Å². The molecule has 0 spiro atoms. The van der Waals surface area contributed by atoms with Crippen LogP contribution >= 0.6 is 11.3 Å². The smallest absolute Gasteiger partial charge is 0.413 e. The van der Waals surface area contributed by atoms with Crippen LogP contribution < -0.4 is 5.32 Å². The molecule has 0 aliphatic heterocycles. The normalized spacial score (nSPS) is 11.0. The fourth-order valence-electron chi connectivity index (χ4n) is 1.57. The number of carboxylic acids is 1. The molecule has 6 nitrogen and oxygen atoms in total. The Labute approximate surface area is 131 Å². The Morgan fingerprint density at radius 2 is 2.00 bits per heavy atom. The van der Waals surface area contributed by atoms with Gasteiger partial charge in [0.2, 0.25) is 0 Å². The number of benzene rings is 1. The molecule has 2 N–H and O–H groups in total. The molecule has 116 valence electrons. The largest absolute Gasteiger partial charge is 0.481 e. The molecule has 7 heteroatoms. The molecule has 2 aromatic rings. The number of hydrogen-bond acceptors (Lipinski definition) is 5. The second-order valence-corrected chi connectivity index (χ2v) is 6.01. The van der Waals surface area contributed by atoms with Gasteiger partial charge in [-0.1, -0.05) is 30.3 Å². The number of carbonyl (C=O) groups excluding carboxylic acids is 1. The van der Waals surface area contributed by atoms with E-state index < -0.39 is 17.5 Å². The number of thiazole rings is 1. The van der Waals surface area contributed by atoms with Gasteiger partial charge in [-0.15, -0.1) is 11.3 Å². The number of hydrogen-bond donors (Lipinski definition) is 2. The quantitative estimate of drug-likeness (QED) is 0.883. The molecule has 2 rings (SSSR count). The number of aliphatic carboxylic acids is 1. The van der Waals surface area contributed by atoms with Crippen LogP contribution in [0.4, 0.5) is 9.93 Å². The predicted octanol–water partition coefficient (Wildman–Crippen LogP) is 3.25. The van der Waals surface area contributed by atoms with Crippen molar-refractivity contribution in [2.75, 3.05) is 5.32 Å². The van der Waals surface area contributed by atoms with Crippen LogP contribution in [0.15, 0.2) is 35.7 Å². The fourth-order valence-corrected chi connectivity index (χ4v) is 2.44. The SMILES string of the molecule is CC(C)(C(=O)O)c1csc(NC(=O)OCc2ccccc2)n1. The number of carboxylic acid groups (broad SMARTS) is 1. The first-order chi connectivity index (χ1) is 10.4. The average molecular weight is 320 g/mol. The highest BCUT2D eigenvalue weighted by molar-refractivity contribution is 7.13. The maximum atomic E-state index is 11.7. The number of anilines is 1. The monoisotopic (exact) mass is 320 g/mol. The Morgan fingerprint density at radius 1 is 1.32 bits per heavy atom. The lowest BCUT2D eigenvalue weighted by molar-refractivity contribution is -0.142. The molecular formula is C15H16N2O4S. The van der Waals surface area contributed by atoms with Gasteiger partial charge in [-0.25, -0.2) is 9.78 Å². The van der Waals surface area contributed by atoms with Crippen LogP contribution in [0.25, 0.3) is 0 Å². The van der Waals surface area contributed by atoms with E-state index in [2.05, 4.69) is 10.3 Å². The zero-order valence-corrected chi connectivity index (χ0v) is 13.0. The molecule has 1 amide bonds. The van der Waals surface area contributed by atoms with Gasteiger partial charge in [0.1, 0.15) is 12.0 Å². The second-order valence-electron chi connectivity index (χ2n) is 5.15. The highest BCUT2D eigenvalue weighted by atomic mass is 32.1. The Balaban J connectivity index is 1.93. The molecule has 0 fully saturated rings. The minimum atomic E-state index is -1.11. The molecule has 1 heterocycles. The minimum Gasteiger partial charge on any atom is -0.481 e. The van der Waals surface area contributed by atoms with Gasteiger partial charge in [0.25, 0.3) is 0 Å². The van der Waals surface area contributed by atoms with Gasteiger partial charge in [0, 0.05) is 5.38 Å². The molecule has 0 aliphatic rings. The number of nitrogens with zero attached hydrogens (tertiary/aromatic N) is 1. The van der Waals surface area contributed by atoms with E-state index in [0.717, 1.165) is 16.9 Å². The molecule has 0 atom stereocenters. The molecule has 0 unspecified atom stereocenters. The van der Waals surface area contributed by atoms with Crippen LogP contribution in [-0.4, -0.2) is 22.2 Å². The third-order valence-corrected chi connectivity index (χ3v) is 3.86. The van der Waals surface area contributed by atoms with Crippen molar-refractivity contribution < 1.29 is 19.4 Å². The van der Waals surface area contributed by atoms with Gasteiger partial charge >= 0.3 is 12.1 Å². The van der Waals surface area contributed by atoms with Crippen molar-refractivity contribution in [3.8, 4) is 0 Å². The van der Waals surface area contributed by atoms with Crippen LogP contribution in [0.5, 0.6) is 0 Å². The highest BCUT2D eigenvalue weighted by Gasteiger charge is 2.32. The van der Waals surface area contributed by atoms with E-state index in [-0.39, 0.29) is 6.61 Å². The number of nitrogens with one attached hydrogen (secondary N) is 1. The molecule has 0 bridgehead atoms. The lowest BCUT2D eigenvalue weighted by Gasteiger charge is -2.15. The third kappa shape index (κ3) is 3.82. The van der Waals surface area contributed by atoms with E-state index in [1.54, 1.807) is 19.2 Å². The van der Waals surface area contributed by atoms with Crippen molar-refractivity contribution in [3.05, 3.63) is 47.0 Å². The molecule has 0 aliphatic carbocycles. The first-order valence-corrected chi connectivity index (χ1v) is 7.44. The summed E-state index contributed by atoms with van der Waals surface area (Å²) in [6, 6.07) is 9.30. The molecule has 1 aromatic heterocycles. The summed E-state index contributed by atoms with van der Waals surface area (Å²) >= 11 is 1.16. The third-order valence-electron chi connectivity index (χ3n) is 3.10. The summed E-state index contributed by atoms with van der Waals surface area (Å²) in [5.41, 5.74) is 0.164. The van der Waals surface area contributed by atoms with Gasteiger partial charge in [-0.05, 0) is 19.4 Å². The maximum absolute atomic E-state index is 11.7. The van der Waals surface area contributed by atoms with Crippen LogP contribution in [0.1, 0.15) is 25.1 Å². The molecule has 0 radical (unpaired) electrons. The molecule has 22 heavy (non-hydrogen) atoms. The number of aromatic nitrogens is 1. The number of carbonyl (C=O) groups is 2. The van der Waals surface area contributed by atoms with E-state index in [9.17, 15) is 9.59 Å². The average Bonchev–Trinajstić information content (AvgIpc) is 2.95. The van der Waals surface area contributed by atoms with E-state index >= 15 is 0 Å². The molecular weight excluding hydrogens is 304 g/mol. The van der Waals surface area contributed by atoms with Crippen molar-refractivity contribution in [1.82, 2.24) is 4.98 Å². The standard InChI is InChI=1S/C15H16N2O4S/c1-15(2,12(18)19)11-9-22-13(16-11)17-14(20)21-8-10-6-4-3-5-7-10/h3-7,9H,8H2,1-2H3,(H,18,19)(H,16,17,20). The van der Waals surface area contributed by atoms with Crippen molar-refractivity contribution in [2.45, 2.75) is 25.9 Å². The Kier molecular flexibility index (Phi) is 4.77. The van der Waals surface area contributed by atoms with Crippen molar-refractivity contribution in [1.29, 1.82) is 0 Å². The van der Waals surface area contributed by atoms with Crippen molar-refractivity contribution in [2.24, 2.45) is 0 Å². The lowest BCUT2D eigenvalue weighted by atomic mass is 9.90. The summed E-state index contributed by atoms with van der Waals surface area (Å²) in [5, 5.41) is 13.6. The van der Waals surface area contributed by atoms with Crippen LogP contribution in [0.2, 0.25) is 0 Å². The summed E-state index contributed by atoms with van der Waals surface area (Å²) in [7, 11) is 0. The van der Waals surface area contributed by atoms with Crippen LogP contribution in [-0.2, 0) is 21.6 Å². The second kappa shape index (κ2) is 6.57. The molecule has 0 saturated heterocycles. The summed E-state index contributed by atoms with van der Waals surface area (Å²) in [5.74, 6) is -0.976. The van der Waals surface area contributed by atoms with Crippen LogP contribution in [0.3, 0.4) is 0 Å². The number of ether oxygens (including phenoxy) is 1. The van der Waals surface area contributed by atoms with Gasteiger partial charge in [0.15, 0.2) is 5.13 Å². The number of rotatable bonds is 5. The van der Waals surface area contributed by atoms with Gasteiger partial charge in [0.05, 0.1) is 5.69 Å². The molecule has 0 saturated carbocycles. The highest BCUT2D eigenvalue weighted by Crippen LogP contribution is 2.27. The van der Waals surface area contributed by atoms with Gasteiger partial charge in [-0.3, -0.25) is 10.1 Å². The van der Waals surface area contributed by atoms with E-state index in [1.807, 2.05) is 30.3 Å². The first kappa shape index (κ1) is 16.0. The fraction of sp³-hybridized carbons (Fsp3) is 0.267. The summed E-state index contributed by atoms with van der Waals surface area (Å²) in [6.07, 6.45) is -0.627. The predicted molar refractivity (Wildman–Crippen MR) is 83.0 cm³/mol. The van der Waals surface area contributed by atoms with E-state index in [0.29, 0.717) is 10.8 Å². The minimum absolute atomic E-state index is 0.158. The zero-order chi connectivity index (χ0) is 16.2. The summed E-state index contributed by atoms with van der Waals surface area (Å²) in [4.78, 5) is 27.0. The summed E-state index contributed by atoms with van der Waals surface area (Å²) in [6.45, 7) is 3.27. The van der Waals surface area contributed by atoms with Crippen molar-refractivity contribution in [3.63, 3.8) is 0 Å². The Bertz CT molecular complexity index is 667. The van der Waals surface area contributed by atoms with Crippen molar-refractivity contribution >= 4 is 28.5 Å². The van der Waals surface area contributed by atoms with Gasteiger partial charge < -0.3 is 9.84 Å². The summed E-state index contributed by atoms with van der Waals surface area (Å²) < 4.78 is 5.07. The molecule has 1 aromatic carbocycles. The number of amides is 1. The zero-order valence-electron chi connectivity index (χ0n) is 12.2.